The zero-order chi connectivity index (χ0) is 14.8. The second kappa shape index (κ2) is 5.59. The van der Waals surface area contributed by atoms with Crippen LogP contribution in [0.3, 0.4) is 0 Å². The van der Waals surface area contributed by atoms with Gasteiger partial charge in [-0.25, -0.2) is 17.5 Å². The van der Waals surface area contributed by atoms with Crippen LogP contribution in [0.1, 0.15) is 6.92 Å². The van der Waals surface area contributed by atoms with Crippen molar-refractivity contribution in [2.45, 2.75) is 24.4 Å². The van der Waals surface area contributed by atoms with Gasteiger partial charge in [-0.05, 0) is 31.2 Å². The molecule has 1 aromatic carbocycles. The van der Waals surface area contributed by atoms with Gasteiger partial charge in [-0.3, -0.25) is 4.68 Å². The quantitative estimate of drug-likeness (QED) is 0.805. The molecular formula is C12H15FN4O2S. The summed E-state index contributed by atoms with van der Waals surface area (Å²) in [6, 6.07) is 4.75. The maximum atomic E-state index is 13.3. The van der Waals surface area contributed by atoms with E-state index in [1.807, 2.05) is 0 Å². The lowest BCUT2D eigenvalue weighted by Crippen LogP contribution is -2.35. The highest BCUT2D eigenvalue weighted by Crippen LogP contribution is 2.16. The van der Waals surface area contributed by atoms with Crippen LogP contribution < -0.4 is 10.5 Å². The molecule has 0 amide bonds. The van der Waals surface area contributed by atoms with Crippen LogP contribution in [0.5, 0.6) is 0 Å². The fourth-order valence-electron chi connectivity index (χ4n) is 1.73. The lowest BCUT2D eigenvalue weighted by molar-refractivity contribution is 0.493. The van der Waals surface area contributed by atoms with Crippen molar-refractivity contribution in [1.29, 1.82) is 0 Å². The fourth-order valence-corrected chi connectivity index (χ4v) is 2.98. The molecule has 2 rings (SSSR count). The third-order valence-electron chi connectivity index (χ3n) is 2.66. The minimum Gasteiger partial charge on any atom is -0.396 e. The zero-order valence-corrected chi connectivity index (χ0v) is 11.6. The molecule has 20 heavy (non-hydrogen) atoms. The van der Waals surface area contributed by atoms with E-state index in [-0.39, 0.29) is 16.6 Å². The lowest BCUT2D eigenvalue weighted by Gasteiger charge is -2.14. The number of aromatic nitrogens is 2. The summed E-state index contributed by atoms with van der Waals surface area (Å²) in [4.78, 5) is -0.156. The van der Waals surface area contributed by atoms with Crippen LogP contribution in [0, 0.1) is 5.82 Å². The molecule has 1 atom stereocenters. The van der Waals surface area contributed by atoms with Crippen molar-refractivity contribution in [3.8, 4) is 0 Å². The Morgan fingerprint density at radius 3 is 2.85 bits per heavy atom. The van der Waals surface area contributed by atoms with E-state index in [4.69, 9.17) is 5.73 Å². The van der Waals surface area contributed by atoms with Gasteiger partial charge in [0.25, 0.3) is 0 Å². The maximum absolute atomic E-state index is 13.3. The normalized spacial score (nSPS) is 13.3. The molecule has 0 bridgehead atoms. The maximum Gasteiger partial charge on any atom is 0.240 e. The predicted octanol–water partition coefficient (Wildman–Crippen LogP) is 0.971. The first-order valence-electron chi connectivity index (χ1n) is 5.93. The first-order valence-corrected chi connectivity index (χ1v) is 7.41. The molecule has 1 heterocycles. The third kappa shape index (κ3) is 3.34. The Bertz CT molecular complexity index is 685. The standard InChI is InChI=1S/C12H15FN4O2S/c1-9(8-17-6-2-5-15-17)16-20(18,19)10-3-4-12(14)11(13)7-10/h2-7,9,16H,8,14H2,1H3. The Kier molecular flexibility index (Phi) is 4.05. The fraction of sp³-hybridized carbons (Fsp3) is 0.250. The second-order valence-electron chi connectivity index (χ2n) is 4.43. The smallest absolute Gasteiger partial charge is 0.240 e. The minimum absolute atomic E-state index is 0.0893. The van der Waals surface area contributed by atoms with Gasteiger partial charge in [-0.1, -0.05) is 0 Å². The molecular weight excluding hydrogens is 283 g/mol. The number of nitrogens with one attached hydrogen (secondary N) is 1. The molecule has 0 saturated carbocycles. The molecule has 1 unspecified atom stereocenters. The molecule has 3 N–H and O–H groups in total. The molecule has 0 aliphatic carbocycles. The molecule has 6 nitrogen and oxygen atoms in total. The molecule has 0 radical (unpaired) electrons. The van der Waals surface area contributed by atoms with Crippen LogP contribution in [-0.2, 0) is 16.6 Å². The third-order valence-corrected chi connectivity index (χ3v) is 4.25. The van der Waals surface area contributed by atoms with E-state index in [2.05, 4.69) is 9.82 Å². The van der Waals surface area contributed by atoms with Gasteiger partial charge in [0.05, 0.1) is 17.1 Å². The first kappa shape index (κ1) is 14.5. The highest BCUT2D eigenvalue weighted by Gasteiger charge is 2.18. The molecule has 8 heteroatoms. The van der Waals surface area contributed by atoms with E-state index in [0.29, 0.717) is 6.54 Å². The Morgan fingerprint density at radius 1 is 1.50 bits per heavy atom. The van der Waals surface area contributed by atoms with Crippen LogP contribution in [0.15, 0.2) is 41.6 Å². The molecule has 0 aliphatic heterocycles. The van der Waals surface area contributed by atoms with E-state index in [1.54, 1.807) is 30.1 Å². The topological polar surface area (TPSA) is 90.0 Å². The van der Waals surface area contributed by atoms with E-state index in [0.717, 1.165) is 6.07 Å². The highest BCUT2D eigenvalue weighted by atomic mass is 32.2. The summed E-state index contributed by atoms with van der Waals surface area (Å²) in [5.74, 6) is -0.757. The van der Waals surface area contributed by atoms with E-state index >= 15 is 0 Å². The number of hydrogen-bond donors (Lipinski definition) is 2. The van der Waals surface area contributed by atoms with Gasteiger partial charge in [0, 0.05) is 18.4 Å². The summed E-state index contributed by atoms with van der Waals surface area (Å²) >= 11 is 0. The average molecular weight is 298 g/mol. The van der Waals surface area contributed by atoms with Gasteiger partial charge >= 0.3 is 0 Å². The van der Waals surface area contributed by atoms with E-state index in [9.17, 15) is 12.8 Å². The molecule has 108 valence electrons. The molecule has 2 aromatic rings. The van der Waals surface area contributed by atoms with Crippen LogP contribution in [-0.4, -0.2) is 24.2 Å². The molecule has 0 aliphatic rings. The van der Waals surface area contributed by atoms with Crippen LogP contribution in [0.25, 0.3) is 0 Å². The van der Waals surface area contributed by atoms with Crippen molar-refractivity contribution in [2.75, 3.05) is 5.73 Å². The van der Waals surface area contributed by atoms with Crippen LogP contribution >= 0.6 is 0 Å². The van der Waals surface area contributed by atoms with Gasteiger partial charge < -0.3 is 5.73 Å². The lowest BCUT2D eigenvalue weighted by atomic mass is 10.3. The average Bonchev–Trinajstić information content (AvgIpc) is 2.84. The molecule has 0 spiro atoms. The van der Waals surface area contributed by atoms with Gasteiger partial charge in [0.15, 0.2) is 0 Å². The van der Waals surface area contributed by atoms with Crippen molar-refractivity contribution in [2.24, 2.45) is 0 Å². The van der Waals surface area contributed by atoms with Crippen molar-refractivity contribution < 1.29 is 12.8 Å². The number of nitrogens with zero attached hydrogens (tertiary/aromatic N) is 2. The van der Waals surface area contributed by atoms with Crippen LogP contribution in [0.2, 0.25) is 0 Å². The largest absolute Gasteiger partial charge is 0.396 e. The predicted molar refractivity (Wildman–Crippen MR) is 72.8 cm³/mol. The summed E-state index contributed by atoms with van der Waals surface area (Å²) in [7, 11) is -3.79. The Hall–Kier alpha value is -1.93. The number of benzene rings is 1. The number of halogens is 1. The van der Waals surface area contributed by atoms with Crippen LogP contribution in [0.4, 0.5) is 10.1 Å². The SMILES string of the molecule is CC(Cn1cccn1)NS(=O)(=O)c1ccc(N)c(F)c1. The van der Waals surface area contributed by atoms with E-state index in [1.165, 1.54) is 12.1 Å². The monoisotopic (exact) mass is 298 g/mol. The summed E-state index contributed by atoms with van der Waals surface area (Å²) in [5.41, 5.74) is 5.23. The number of sulfonamides is 1. The highest BCUT2D eigenvalue weighted by molar-refractivity contribution is 7.89. The number of rotatable bonds is 5. The molecule has 1 aromatic heterocycles. The van der Waals surface area contributed by atoms with E-state index < -0.39 is 15.8 Å². The Morgan fingerprint density at radius 2 is 2.25 bits per heavy atom. The number of anilines is 1. The summed E-state index contributed by atoms with van der Waals surface area (Å²) in [5, 5.41) is 3.99. The van der Waals surface area contributed by atoms with Gasteiger partial charge in [-0.15, -0.1) is 0 Å². The van der Waals surface area contributed by atoms with Gasteiger partial charge in [-0.2, -0.15) is 5.10 Å². The molecule has 0 fully saturated rings. The number of hydrogen-bond acceptors (Lipinski definition) is 4. The number of nitrogens with two attached hydrogens (primary N) is 1. The first-order chi connectivity index (χ1) is 9.38. The molecule has 0 saturated heterocycles. The summed E-state index contributed by atoms with van der Waals surface area (Å²) in [6.45, 7) is 2.08. The van der Waals surface area contributed by atoms with Crippen molar-refractivity contribution in [3.05, 3.63) is 42.5 Å². The Balaban J connectivity index is 2.12. The number of nitrogen functional groups attached to an aromatic ring is 1. The minimum atomic E-state index is -3.79. The van der Waals surface area contributed by atoms with Crippen molar-refractivity contribution in [1.82, 2.24) is 14.5 Å². The van der Waals surface area contributed by atoms with Gasteiger partial charge in [0.1, 0.15) is 5.82 Å². The second-order valence-corrected chi connectivity index (χ2v) is 6.15. The van der Waals surface area contributed by atoms with Crippen molar-refractivity contribution in [3.63, 3.8) is 0 Å². The zero-order valence-electron chi connectivity index (χ0n) is 10.8. The van der Waals surface area contributed by atoms with Crippen molar-refractivity contribution >= 4 is 15.7 Å². The van der Waals surface area contributed by atoms with Gasteiger partial charge in [0.2, 0.25) is 10.0 Å². The summed E-state index contributed by atoms with van der Waals surface area (Å²) < 4.78 is 41.6. The summed E-state index contributed by atoms with van der Waals surface area (Å²) in [6.07, 6.45) is 3.34. The Labute approximate surface area is 116 Å².